The standard InChI is InChI=1S/2C10H14.3C10H10.C8H8.C5H12/c2*1-3-9(2)10-7-5-4-6-8-10;1-3-9-5-7-10(4-2)8-6-9;1-3-9-6-5-7-10(4-2)8-9;1-3-9-7-5-6-8-10(9)4-2;1-2-8-6-4-3-5-7-8;1-4-5(2)3/h2*4-9H,3H2,1-2H3;3*3-8H,1-2H2;2-7H,1H2;5H,4H2,1-3H3. The van der Waals surface area contributed by atoms with E-state index in [9.17, 15) is 0 Å². The molecule has 6 rings (SSSR count). The van der Waals surface area contributed by atoms with Crippen LogP contribution in [0.2, 0.25) is 0 Å². The molecule has 2 atom stereocenters. The summed E-state index contributed by atoms with van der Waals surface area (Å²) in [6, 6.07) is 55.5. The summed E-state index contributed by atoms with van der Waals surface area (Å²) >= 11 is 0. The zero-order valence-corrected chi connectivity index (χ0v) is 39.9. The second-order valence-corrected chi connectivity index (χ2v) is 15.0. The molecule has 0 saturated carbocycles. The average molecular weight is 835 g/mol. The molecule has 6 aromatic carbocycles. The van der Waals surface area contributed by atoms with Crippen molar-refractivity contribution in [1.29, 1.82) is 0 Å². The maximum absolute atomic E-state index is 3.69. The van der Waals surface area contributed by atoms with Crippen molar-refractivity contribution in [3.63, 3.8) is 0 Å². The van der Waals surface area contributed by atoms with Crippen LogP contribution in [0.3, 0.4) is 0 Å². The molecule has 0 fully saturated rings. The van der Waals surface area contributed by atoms with E-state index in [4.69, 9.17) is 0 Å². The lowest BCUT2D eigenvalue weighted by Crippen LogP contribution is -1.88. The minimum absolute atomic E-state index is 0.709. The van der Waals surface area contributed by atoms with Crippen molar-refractivity contribution in [3.8, 4) is 0 Å². The molecule has 0 saturated heterocycles. The molecule has 0 aliphatic heterocycles. The quantitative estimate of drug-likeness (QED) is 0.115. The minimum atomic E-state index is 0.709. The van der Waals surface area contributed by atoms with Gasteiger partial charge in [-0.25, -0.2) is 0 Å². The van der Waals surface area contributed by atoms with Gasteiger partial charge in [-0.2, -0.15) is 0 Å². The number of hydrogen-bond acceptors (Lipinski definition) is 0. The first-order valence-corrected chi connectivity index (χ1v) is 22.3. The van der Waals surface area contributed by atoms with Crippen molar-refractivity contribution in [2.24, 2.45) is 5.92 Å². The highest BCUT2D eigenvalue weighted by atomic mass is 14.0. The maximum atomic E-state index is 3.69. The summed E-state index contributed by atoms with van der Waals surface area (Å²) in [6.45, 7) is 41.3. The zero-order valence-electron chi connectivity index (χ0n) is 39.9. The van der Waals surface area contributed by atoms with Crippen molar-refractivity contribution in [2.75, 3.05) is 0 Å². The van der Waals surface area contributed by atoms with Gasteiger partial charge in [0.25, 0.3) is 0 Å². The average Bonchev–Trinajstić information content (AvgIpc) is 3.37. The summed E-state index contributed by atoms with van der Waals surface area (Å²) in [4.78, 5) is 0. The van der Waals surface area contributed by atoms with Gasteiger partial charge < -0.3 is 0 Å². The molecule has 0 amide bonds. The van der Waals surface area contributed by atoms with Gasteiger partial charge in [0.1, 0.15) is 0 Å². The van der Waals surface area contributed by atoms with Gasteiger partial charge in [-0.15, -0.1) is 0 Å². The fourth-order valence-corrected chi connectivity index (χ4v) is 5.09. The topological polar surface area (TPSA) is 0 Å². The van der Waals surface area contributed by atoms with Crippen LogP contribution in [-0.2, 0) is 0 Å². The van der Waals surface area contributed by atoms with Crippen LogP contribution in [-0.4, -0.2) is 0 Å². The summed E-state index contributed by atoms with van der Waals surface area (Å²) in [5.74, 6) is 2.30. The van der Waals surface area contributed by atoms with E-state index < -0.39 is 0 Å². The summed E-state index contributed by atoms with van der Waals surface area (Å²) < 4.78 is 0. The minimum Gasteiger partial charge on any atom is -0.0985 e. The molecule has 330 valence electrons. The highest BCUT2D eigenvalue weighted by molar-refractivity contribution is 5.63. The van der Waals surface area contributed by atoms with Gasteiger partial charge >= 0.3 is 0 Å². The lowest BCUT2D eigenvalue weighted by Gasteiger charge is -2.06. The Morgan fingerprint density at radius 2 is 0.587 bits per heavy atom. The van der Waals surface area contributed by atoms with E-state index in [1.54, 1.807) is 0 Å². The van der Waals surface area contributed by atoms with Crippen molar-refractivity contribution < 1.29 is 0 Å². The van der Waals surface area contributed by atoms with Crippen molar-refractivity contribution in [3.05, 3.63) is 260 Å². The van der Waals surface area contributed by atoms with Gasteiger partial charge in [0.2, 0.25) is 0 Å². The number of hydrogen-bond donors (Lipinski definition) is 0. The van der Waals surface area contributed by atoms with Crippen LogP contribution in [0.25, 0.3) is 42.5 Å². The van der Waals surface area contributed by atoms with E-state index in [2.05, 4.69) is 155 Å². The van der Waals surface area contributed by atoms with Crippen LogP contribution in [0, 0.1) is 5.92 Å². The molecule has 0 nitrogen and oxygen atoms in total. The van der Waals surface area contributed by atoms with Crippen LogP contribution in [0.1, 0.15) is 130 Å². The molecule has 63 heavy (non-hydrogen) atoms. The van der Waals surface area contributed by atoms with Gasteiger partial charge in [-0.3, -0.25) is 0 Å². The van der Waals surface area contributed by atoms with Crippen LogP contribution in [0.15, 0.2) is 210 Å². The van der Waals surface area contributed by atoms with Crippen LogP contribution in [0.5, 0.6) is 0 Å². The molecule has 2 unspecified atom stereocenters. The first-order chi connectivity index (χ1) is 30.5. The summed E-state index contributed by atoms with van der Waals surface area (Å²) in [6.07, 6.45) is 16.6. The molecule has 0 aromatic heterocycles. The largest absolute Gasteiger partial charge is 0.0985 e. The Hall–Kier alpha value is -6.50. The smallest absolute Gasteiger partial charge is 0.0190 e. The number of benzene rings is 6. The third-order valence-electron chi connectivity index (χ3n) is 10.0. The Bertz CT molecular complexity index is 1960. The molecular formula is C63H78. The third kappa shape index (κ3) is 27.1. The number of rotatable bonds is 12. The van der Waals surface area contributed by atoms with Crippen molar-refractivity contribution in [1.82, 2.24) is 0 Å². The summed E-state index contributed by atoms with van der Waals surface area (Å²) in [5.41, 5.74) is 10.9. The highest BCUT2D eigenvalue weighted by Gasteiger charge is 2.00. The molecular weight excluding hydrogens is 757 g/mol. The Morgan fingerprint density at radius 1 is 0.317 bits per heavy atom. The van der Waals surface area contributed by atoms with Crippen LogP contribution < -0.4 is 0 Å². The Labute approximate surface area is 386 Å². The highest BCUT2D eigenvalue weighted by Crippen LogP contribution is 2.18. The van der Waals surface area contributed by atoms with Gasteiger partial charge in [-0.05, 0) is 86.7 Å². The van der Waals surface area contributed by atoms with E-state index in [0.717, 1.165) is 39.3 Å². The third-order valence-corrected chi connectivity index (χ3v) is 10.0. The first-order valence-electron chi connectivity index (χ1n) is 22.3. The van der Waals surface area contributed by atoms with E-state index in [1.165, 1.54) is 36.0 Å². The predicted molar refractivity (Wildman–Crippen MR) is 292 cm³/mol. The molecule has 0 bridgehead atoms. The van der Waals surface area contributed by atoms with Gasteiger partial charge in [-0.1, -0.05) is 301 Å². The monoisotopic (exact) mass is 835 g/mol. The second kappa shape index (κ2) is 37.3. The lowest BCUT2D eigenvalue weighted by molar-refractivity contribution is 0.626. The van der Waals surface area contributed by atoms with Gasteiger partial charge in [0.15, 0.2) is 0 Å². The molecule has 0 spiro atoms. The van der Waals surface area contributed by atoms with Gasteiger partial charge in [0.05, 0.1) is 0 Å². The Kier molecular flexibility index (Phi) is 33.4. The molecule has 0 aliphatic carbocycles. The lowest BCUT2D eigenvalue weighted by atomic mass is 9.99. The van der Waals surface area contributed by atoms with Crippen LogP contribution >= 0.6 is 0 Å². The van der Waals surface area contributed by atoms with E-state index in [1.807, 2.05) is 146 Å². The predicted octanol–water partition coefficient (Wildman–Crippen LogP) is 19.7. The maximum Gasteiger partial charge on any atom is -0.0190 e. The Balaban J connectivity index is 0.000000718. The second-order valence-electron chi connectivity index (χ2n) is 15.0. The zero-order chi connectivity index (χ0) is 47.1. The summed E-state index contributed by atoms with van der Waals surface area (Å²) in [7, 11) is 0. The molecule has 0 heteroatoms. The van der Waals surface area contributed by atoms with E-state index in [-0.39, 0.29) is 0 Å². The molecule has 0 aliphatic rings. The molecule has 0 heterocycles. The first kappa shape index (κ1) is 56.5. The Morgan fingerprint density at radius 3 is 0.841 bits per heavy atom. The fraction of sp³-hybridized carbons (Fsp3) is 0.206. The van der Waals surface area contributed by atoms with Crippen molar-refractivity contribution >= 4 is 42.5 Å². The SMILES string of the molecule is C=Cc1ccc(C=C)cc1.C=Cc1cccc(C=C)c1.C=Cc1ccccc1.C=Cc1ccccc1C=C.CCC(C)C.CCC(C)c1ccccc1.CCC(C)c1ccccc1. The van der Waals surface area contributed by atoms with Gasteiger partial charge in [0, 0.05) is 0 Å². The molecule has 0 radical (unpaired) electrons. The van der Waals surface area contributed by atoms with Crippen molar-refractivity contribution in [2.45, 2.75) is 79.6 Å². The van der Waals surface area contributed by atoms with E-state index >= 15 is 0 Å². The van der Waals surface area contributed by atoms with Crippen LogP contribution in [0.4, 0.5) is 0 Å². The molecule has 0 N–H and O–H groups in total. The fourth-order valence-electron chi connectivity index (χ4n) is 5.09. The molecule has 6 aromatic rings. The van der Waals surface area contributed by atoms with E-state index in [0.29, 0.717) is 11.8 Å². The normalized spacial score (nSPS) is 10.2. The summed E-state index contributed by atoms with van der Waals surface area (Å²) in [5, 5.41) is 0.